The summed E-state index contributed by atoms with van der Waals surface area (Å²) < 4.78 is 1.98. The Morgan fingerprint density at radius 1 is 1.12 bits per heavy atom. The molecule has 1 aromatic heterocycles. The van der Waals surface area contributed by atoms with Crippen molar-refractivity contribution in [1.29, 1.82) is 0 Å². The molecule has 0 fully saturated rings. The molecule has 0 aliphatic heterocycles. The maximum absolute atomic E-state index is 4.23. The van der Waals surface area contributed by atoms with Crippen LogP contribution in [0.1, 0.15) is 33.7 Å². The van der Waals surface area contributed by atoms with Crippen LogP contribution in [0.25, 0.3) is 0 Å². The molecule has 0 aromatic carbocycles. The molecule has 1 aromatic rings. The third kappa shape index (κ3) is 4.77. The van der Waals surface area contributed by atoms with Crippen molar-refractivity contribution in [2.75, 3.05) is 13.1 Å². The molecule has 4 nitrogen and oxygen atoms in total. The van der Waals surface area contributed by atoms with Crippen LogP contribution in [0.5, 0.6) is 0 Å². The fourth-order valence-electron chi connectivity index (χ4n) is 1.49. The molecule has 16 heavy (non-hydrogen) atoms. The van der Waals surface area contributed by atoms with E-state index in [0.29, 0.717) is 18.1 Å². The lowest BCUT2D eigenvalue weighted by Crippen LogP contribution is -2.40. The molecule has 92 valence electrons. The van der Waals surface area contributed by atoms with E-state index in [1.54, 1.807) is 0 Å². The van der Waals surface area contributed by atoms with Crippen LogP contribution < -0.4 is 10.6 Å². The van der Waals surface area contributed by atoms with E-state index < -0.39 is 0 Å². The van der Waals surface area contributed by atoms with Crippen molar-refractivity contribution in [2.24, 2.45) is 0 Å². The smallest absolute Gasteiger partial charge is 0.0615 e. The van der Waals surface area contributed by atoms with Gasteiger partial charge in [-0.05, 0) is 19.9 Å². The minimum atomic E-state index is 0.400. The fraction of sp³-hybridized carbons (Fsp3) is 0.750. The summed E-state index contributed by atoms with van der Waals surface area (Å²) in [5.74, 6) is 0. The van der Waals surface area contributed by atoms with Crippen LogP contribution in [0.4, 0.5) is 0 Å². The number of hydrogen-bond acceptors (Lipinski definition) is 3. The summed E-state index contributed by atoms with van der Waals surface area (Å²) in [6.45, 7) is 10.7. The Balaban J connectivity index is 2.19. The SMILES string of the molecule is CC(C)NCC(C)NCC(C)n1cccn1. The van der Waals surface area contributed by atoms with Crippen molar-refractivity contribution < 1.29 is 0 Å². The number of nitrogens with one attached hydrogen (secondary N) is 2. The van der Waals surface area contributed by atoms with Gasteiger partial charge in [0.15, 0.2) is 0 Å². The predicted molar refractivity (Wildman–Crippen MR) is 67.5 cm³/mol. The lowest BCUT2D eigenvalue weighted by molar-refractivity contribution is 0.406. The van der Waals surface area contributed by atoms with Gasteiger partial charge in [-0.25, -0.2) is 0 Å². The summed E-state index contributed by atoms with van der Waals surface area (Å²) >= 11 is 0. The van der Waals surface area contributed by atoms with Crippen LogP contribution in [-0.2, 0) is 0 Å². The Kier molecular flexibility index (Phi) is 5.49. The minimum absolute atomic E-state index is 0.400. The van der Waals surface area contributed by atoms with Crippen LogP contribution in [0.3, 0.4) is 0 Å². The van der Waals surface area contributed by atoms with Gasteiger partial charge in [-0.15, -0.1) is 0 Å². The van der Waals surface area contributed by atoms with Crippen molar-refractivity contribution >= 4 is 0 Å². The van der Waals surface area contributed by atoms with E-state index in [4.69, 9.17) is 0 Å². The Labute approximate surface area is 98.4 Å². The maximum Gasteiger partial charge on any atom is 0.0615 e. The standard InChI is InChI=1S/C12H24N4/c1-10(2)13-8-11(3)14-9-12(4)16-7-5-6-15-16/h5-7,10-14H,8-9H2,1-4H3. The second-order valence-electron chi connectivity index (χ2n) is 4.71. The highest BCUT2D eigenvalue weighted by Gasteiger charge is 2.07. The van der Waals surface area contributed by atoms with Crippen LogP contribution in [0.15, 0.2) is 18.5 Å². The Hall–Kier alpha value is -0.870. The molecule has 0 radical (unpaired) electrons. The summed E-state index contributed by atoms with van der Waals surface area (Å²) in [7, 11) is 0. The second kappa shape index (κ2) is 6.66. The molecule has 1 heterocycles. The lowest BCUT2D eigenvalue weighted by Gasteiger charge is -2.19. The first-order valence-corrected chi connectivity index (χ1v) is 6.05. The molecule has 0 aliphatic carbocycles. The highest BCUT2D eigenvalue weighted by Crippen LogP contribution is 2.01. The Bertz CT molecular complexity index is 269. The molecule has 0 saturated carbocycles. The molecule has 2 unspecified atom stereocenters. The van der Waals surface area contributed by atoms with Gasteiger partial charge in [-0.3, -0.25) is 4.68 Å². The van der Waals surface area contributed by atoms with Crippen molar-refractivity contribution in [3.63, 3.8) is 0 Å². The van der Waals surface area contributed by atoms with Gasteiger partial charge in [0.05, 0.1) is 6.04 Å². The van der Waals surface area contributed by atoms with Gasteiger partial charge in [0.2, 0.25) is 0 Å². The zero-order valence-corrected chi connectivity index (χ0v) is 10.8. The van der Waals surface area contributed by atoms with Gasteiger partial charge in [-0.1, -0.05) is 13.8 Å². The van der Waals surface area contributed by atoms with Gasteiger partial charge in [0.25, 0.3) is 0 Å². The first-order chi connectivity index (χ1) is 7.59. The normalized spacial score (nSPS) is 15.3. The molecule has 0 amide bonds. The van der Waals surface area contributed by atoms with E-state index in [-0.39, 0.29) is 0 Å². The van der Waals surface area contributed by atoms with Gasteiger partial charge < -0.3 is 10.6 Å². The van der Waals surface area contributed by atoms with E-state index in [2.05, 4.69) is 43.4 Å². The van der Waals surface area contributed by atoms with Crippen molar-refractivity contribution in [3.8, 4) is 0 Å². The van der Waals surface area contributed by atoms with E-state index >= 15 is 0 Å². The average molecular weight is 224 g/mol. The molecule has 1 rings (SSSR count). The summed E-state index contributed by atoms with van der Waals surface area (Å²) in [6.07, 6.45) is 3.82. The summed E-state index contributed by atoms with van der Waals surface area (Å²) in [4.78, 5) is 0. The lowest BCUT2D eigenvalue weighted by atomic mass is 10.2. The van der Waals surface area contributed by atoms with E-state index in [1.165, 1.54) is 0 Å². The third-order valence-electron chi connectivity index (χ3n) is 2.57. The van der Waals surface area contributed by atoms with Crippen molar-refractivity contribution in [2.45, 2.75) is 45.8 Å². The molecule has 0 saturated heterocycles. The zero-order valence-electron chi connectivity index (χ0n) is 10.8. The highest BCUT2D eigenvalue weighted by atomic mass is 15.3. The average Bonchev–Trinajstić information content (AvgIpc) is 2.76. The van der Waals surface area contributed by atoms with Crippen LogP contribution in [0.2, 0.25) is 0 Å². The fourth-order valence-corrected chi connectivity index (χ4v) is 1.49. The molecule has 2 atom stereocenters. The molecular formula is C12H24N4. The van der Waals surface area contributed by atoms with Crippen molar-refractivity contribution in [3.05, 3.63) is 18.5 Å². The Morgan fingerprint density at radius 3 is 2.44 bits per heavy atom. The maximum atomic E-state index is 4.23. The van der Waals surface area contributed by atoms with Gasteiger partial charge in [0.1, 0.15) is 0 Å². The molecular weight excluding hydrogens is 200 g/mol. The topological polar surface area (TPSA) is 41.9 Å². The summed E-state index contributed by atoms with van der Waals surface area (Å²) in [5, 5.41) is 11.2. The van der Waals surface area contributed by atoms with Gasteiger partial charge >= 0.3 is 0 Å². The minimum Gasteiger partial charge on any atom is -0.313 e. The first-order valence-electron chi connectivity index (χ1n) is 6.05. The van der Waals surface area contributed by atoms with Crippen LogP contribution in [0, 0.1) is 0 Å². The first kappa shape index (κ1) is 13.2. The van der Waals surface area contributed by atoms with E-state index in [9.17, 15) is 0 Å². The quantitative estimate of drug-likeness (QED) is 0.736. The van der Waals surface area contributed by atoms with E-state index in [1.807, 2.05) is 23.1 Å². The third-order valence-corrected chi connectivity index (χ3v) is 2.57. The molecule has 0 bridgehead atoms. The molecule has 0 aliphatic rings. The molecule has 4 heteroatoms. The summed E-state index contributed by atoms with van der Waals surface area (Å²) in [5.41, 5.74) is 0. The van der Waals surface area contributed by atoms with Crippen LogP contribution >= 0.6 is 0 Å². The molecule has 2 N–H and O–H groups in total. The highest BCUT2D eigenvalue weighted by molar-refractivity contribution is 4.81. The number of nitrogens with zero attached hydrogens (tertiary/aromatic N) is 2. The zero-order chi connectivity index (χ0) is 12.0. The number of rotatable bonds is 7. The van der Waals surface area contributed by atoms with Crippen molar-refractivity contribution in [1.82, 2.24) is 20.4 Å². The van der Waals surface area contributed by atoms with Crippen LogP contribution in [-0.4, -0.2) is 35.0 Å². The largest absolute Gasteiger partial charge is 0.313 e. The van der Waals surface area contributed by atoms with Gasteiger partial charge in [-0.2, -0.15) is 5.10 Å². The molecule has 0 spiro atoms. The number of aromatic nitrogens is 2. The number of hydrogen-bond donors (Lipinski definition) is 2. The second-order valence-corrected chi connectivity index (χ2v) is 4.71. The van der Waals surface area contributed by atoms with Gasteiger partial charge in [0, 0.05) is 37.6 Å². The Morgan fingerprint density at radius 2 is 1.88 bits per heavy atom. The van der Waals surface area contributed by atoms with E-state index in [0.717, 1.165) is 13.1 Å². The predicted octanol–water partition coefficient (Wildman–Crippen LogP) is 1.42. The monoisotopic (exact) mass is 224 g/mol. The summed E-state index contributed by atoms with van der Waals surface area (Å²) in [6, 6.07) is 3.39.